The molecule has 5 heteroatoms. The fourth-order valence-corrected chi connectivity index (χ4v) is 2.29. The van der Waals surface area contributed by atoms with Gasteiger partial charge in [0.15, 0.2) is 0 Å². The lowest BCUT2D eigenvalue weighted by Crippen LogP contribution is -2.55. The lowest BCUT2D eigenvalue weighted by molar-refractivity contribution is 0.0875. The van der Waals surface area contributed by atoms with Crippen LogP contribution in [0.15, 0.2) is 23.0 Å². The minimum atomic E-state index is 0.117. The zero-order chi connectivity index (χ0) is 11.5. The molecule has 0 aromatic carbocycles. The Morgan fingerprint density at radius 2 is 2.31 bits per heavy atom. The van der Waals surface area contributed by atoms with E-state index in [9.17, 15) is 0 Å². The smallest absolute Gasteiger partial charge is 0.0951 e. The summed E-state index contributed by atoms with van der Waals surface area (Å²) >= 11 is 0. The number of hydrazine groups is 1. The van der Waals surface area contributed by atoms with Crippen molar-refractivity contribution in [1.29, 1.82) is 0 Å². The number of furan rings is 1. The van der Waals surface area contributed by atoms with Gasteiger partial charge in [-0.05, 0) is 20.2 Å². The predicted molar refractivity (Wildman–Crippen MR) is 62.7 cm³/mol. The van der Waals surface area contributed by atoms with Gasteiger partial charge in [0, 0.05) is 31.2 Å². The van der Waals surface area contributed by atoms with E-state index in [-0.39, 0.29) is 6.04 Å². The minimum absolute atomic E-state index is 0.117. The number of nitrogens with zero attached hydrogens (tertiary/aromatic N) is 2. The highest BCUT2D eigenvalue weighted by atomic mass is 16.3. The van der Waals surface area contributed by atoms with E-state index in [0.29, 0.717) is 6.04 Å². The summed E-state index contributed by atoms with van der Waals surface area (Å²) < 4.78 is 5.12. The number of hydrogen-bond acceptors (Lipinski definition) is 5. The molecule has 2 rings (SSSR count). The van der Waals surface area contributed by atoms with Crippen molar-refractivity contribution >= 4 is 0 Å². The van der Waals surface area contributed by atoms with Gasteiger partial charge in [-0.1, -0.05) is 0 Å². The lowest BCUT2D eigenvalue weighted by atomic mass is 9.99. The SMILES string of the molecule is CN1CCN(C)C(C(NN)c2ccoc2)C1. The van der Waals surface area contributed by atoms with E-state index in [1.807, 2.05) is 6.07 Å². The van der Waals surface area contributed by atoms with Gasteiger partial charge >= 0.3 is 0 Å². The van der Waals surface area contributed by atoms with Crippen LogP contribution in [0.5, 0.6) is 0 Å². The lowest BCUT2D eigenvalue weighted by Gasteiger charge is -2.41. The molecule has 0 bridgehead atoms. The molecule has 0 amide bonds. The summed E-state index contributed by atoms with van der Waals surface area (Å²) in [6.07, 6.45) is 3.44. The predicted octanol–water partition coefficient (Wildman–Crippen LogP) is 0.0298. The van der Waals surface area contributed by atoms with Gasteiger partial charge in [0.25, 0.3) is 0 Å². The van der Waals surface area contributed by atoms with Gasteiger partial charge in [-0.15, -0.1) is 0 Å². The Bertz CT molecular complexity index is 314. The highest BCUT2D eigenvalue weighted by molar-refractivity contribution is 5.14. The number of piperazine rings is 1. The number of likely N-dealkylation sites (N-methyl/N-ethyl adjacent to an activating group) is 2. The molecule has 1 aliphatic heterocycles. The van der Waals surface area contributed by atoms with E-state index < -0.39 is 0 Å². The van der Waals surface area contributed by atoms with Gasteiger partial charge in [-0.25, -0.2) is 0 Å². The zero-order valence-corrected chi connectivity index (χ0v) is 9.89. The van der Waals surface area contributed by atoms with Gasteiger partial charge in [-0.3, -0.25) is 16.2 Å². The third kappa shape index (κ3) is 2.27. The fraction of sp³-hybridized carbons (Fsp3) is 0.636. The van der Waals surface area contributed by atoms with E-state index in [0.717, 1.165) is 25.2 Å². The minimum Gasteiger partial charge on any atom is -0.472 e. The molecule has 1 aliphatic rings. The Labute approximate surface area is 96.2 Å². The van der Waals surface area contributed by atoms with E-state index in [1.165, 1.54) is 0 Å². The number of rotatable bonds is 3. The number of nitrogens with one attached hydrogen (secondary N) is 1. The monoisotopic (exact) mass is 224 g/mol. The summed E-state index contributed by atoms with van der Waals surface area (Å²) in [5.41, 5.74) is 4.00. The Morgan fingerprint density at radius 1 is 1.50 bits per heavy atom. The molecule has 2 heterocycles. The van der Waals surface area contributed by atoms with Crippen LogP contribution in [0.4, 0.5) is 0 Å². The quantitative estimate of drug-likeness (QED) is 0.560. The maximum Gasteiger partial charge on any atom is 0.0951 e. The van der Waals surface area contributed by atoms with Crippen molar-refractivity contribution in [2.24, 2.45) is 5.84 Å². The second-order valence-electron chi connectivity index (χ2n) is 4.51. The van der Waals surface area contributed by atoms with Crippen LogP contribution in [0.3, 0.4) is 0 Å². The van der Waals surface area contributed by atoms with E-state index in [4.69, 9.17) is 10.3 Å². The molecule has 1 aromatic heterocycles. The first-order valence-corrected chi connectivity index (χ1v) is 5.59. The molecule has 2 atom stereocenters. The van der Waals surface area contributed by atoms with Gasteiger partial charge in [0.1, 0.15) is 0 Å². The molecule has 16 heavy (non-hydrogen) atoms. The average Bonchev–Trinajstić information content (AvgIpc) is 2.78. The third-order valence-electron chi connectivity index (χ3n) is 3.37. The average molecular weight is 224 g/mol. The maximum atomic E-state index is 5.67. The van der Waals surface area contributed by atoms with E-state index in [2.05, 4.69) is 29.3 Å². The van der Waals surface area contributed by atoms with E-state index in [1.54, 1.807) is 12.5 Å². The number of hydrogen-bond donors (Lipinski definition) is 2. The molecule has 0 saturated carbocycles. The molecular formula is C11H20N4O. The Hall–Kier alpha value is -0.880. The van der Waals surface area contributed by atoms with Gasteiger partial charge in [0.05, 0.1) is 18.6 Å². The van der Waals surface area contributed by atoms with Crippen LogP contribution in [0.1, 0.15) is 11.6 Å². The largest absolute Gasteiger partial charge is 0.472 e. The van der Waals surface area contributed by atoms with Crippen LogP contribution >= 0.6 is 0 Å². The van der Waals surface area contributed by atoms with Crippen LogP contribution in [0.25, 0.3) is 0 Å². The first-order valence-electron chi connectivity index (χ1n) is 5.59. The molecule has 1 saturated heterocycles. The fourth-order valence-electron chi connectivity index (χ4n) is 2.29. The Kier molecular flexibility index (Phi) is 3.60. The molecule has 90 valence electrons. The van der Waals surface area contributed by atoms with Crippen molar-refractivity contribution in [2.45, 2.75) is 12.1 Å². The van der Waals surface area contributed by atoms with Crippen LogP contribution in [-0.2, 0) is 0 Å². The first-order chi connectivity index (χ1) is 7.72. The van der Waals surface area contributed by atoms with Crippen molar-refractivity contribution in [3.05, 3.63) is 24.2 Å². The van der Waals surface area contributed by atoms with Crippen LogP contribution in [0, 0.1) is 0 Å². The van der Waals surface area contributed by atoms with Gasteiger partial charge in [-0.2, -0.15) is 0 Å². The summed E-state index contributed by atoms with van der Waals surface area (Å²) in [6, 6.07) is 2.46. The Balaban J connectivity index is 2.13. The molecule has 2 unspecified atom stereocenters. The second kappa shape index (κ2) is 4.97. The first kappa shape index (κ1) is 11.6. The molecule has 1 aromatic rings. The van der Waals surface area contributed by atoms with E-state index >= 15 is 0 Å². The molecular weight excluding hydrogens is 204 g/mol. The Morgan fingerprint density at radius 3 is 2.94 bits per heavy atom. The second-order valence-corrected chi connectivity index (χ2v) is 4.51. The van der Waals surface area contributed by atoms with Crippen molar-refractivity contribution in [1.82, 2.24) is 15.2 Å². The zero-order valence-electron chi connectivity index (χ0n) is 9.89. The summed E-state index contributed by atoms with van der Waals surface area (Å²) in [6.45, 7) is 3.18. The standard InChI is InChI=1S/C11H20N4O/c1-14-4-5-15(2)10(7-14)11(13-12)9-3-6-16-8-9/h3,6,8,10-11,13H,4-5,7,12H2,1-2H3. The van der Waals surface area contributed by atoms with Gasteiger partial charge < -0.3 is 9.32 Å². The summed E-state index contributed by atoms with van der Waals surface area (Å²) in [7, 11) is 4.28. The molecule has 0 aliphatic carbocycles. The van der Waals surface area contributed by atoms with Crippen LogP contribution in [-0.4, -0.2) is 49.6 Å². The molecule has 0 spiro atoms. The van der Waals surface area contributed by atoms with Crippen molar-refractivity contribution in [3.63, 3.8) is 0 Å². The maximum absolute atomic E-state index is 5.67. The van der Waals surface area contributed by atoms with Crippen molar-refractivity contribution in [2.75, 3.05) is 33.7 Å². The van der Waals surface area contributed by atoms with Crippen LogP contribution < -0.4 is 11.3 Å². The summed E-state index contributed by atoms with van der Waals surface area (Å²) in [5, 5.41) is 0. The van der Waals surface area contributed by atoms with Crippen LogP contribution in [0.2, 0.25) is 0 Å². The molecule has 3 N–H and O–H groups in total. The van der Waals surface area contributed by atoms with Gasteiger partial charge in [0.2, 0.25) is 0 Å². The topological polar surface area (TPSA) is 57.7 Å². The molecule has 0 radical (unpaired) electrons. The highest BCUT2D eigenvalue weighted by Gasteiger charge is 2.30. The number of nitrogens with two attached hydrogens (primary N) is 1. The summed E-state index contributed by atoms with van der Waals surface area (Å²) in [5.74, 6) is 5.67. The highest BCUT2D eigenvalue weighted by Crippen LogP contribution is 2.22. The van der Waals surface area contributed by atoms with Crippen molar-refractivity contribution in [3.8, 4) is 0 Å². The molecule has 1 fully saturated rings. The third-order valence-corrected chi connectivity index (χ3v) is 3.37. The normalized spacial score (nSPS) is 25.8. The van der Waals surface area contributed by atoms with Crippen molar-refractivity contribution < 1.29 is 4.42 Å². The molecule has 5 nitrogen and oxygen atoms in total. The summed E-state index contributed by atoms with van der Waals surface area (Å²) in [4.78, 5) is 4.67.